The molecule has 3 nitrogen and oxygen atoms in total. The van der Waals surface area contributed by atoms with E-state index >= 15 is 0 Å². The molecule has 0 aliphatic heterocycles. The van der Waals surface area contributed by atoms with Crippen LogP contribution in [-0.4, -0.2) is 11.6 Å². The van der Waals surface area contributed by atoms with Crippen molar-refractivity contribution in [1.82, 2.24) is 0 Å². The van der Waals surface area contributed by atoms with Crippen molar-refractivity contribution in [3.05, 3.63) is 47.7 Å². The van der Waals surface area contributed by atoms with Crippen LogP contribution in [0.25, 0.3) is 0 Å². The summed E-state index contributed by atoms with van der Waals surface area (Å²) in [7, 11) is 0. The van der Waals surface area contributed by atoms with Gasteiger partial charge in [-0.05, 0) is 6.92 Å². The minimum absolute atomic E-state index is 0. The normalized spacial score (nSPS) is 10.3. The van der Waals surface area contributed by atoms with E-state index in [1.807, 2.05) is 0 Å². The van der Waals surface area contributed by atoms with Gasteiger partial charge in [0, 0.05) is 5.56 Å². The van der Waals surface area contributed by atoms with Crippen LogP contribution in [0.1, 0.15) is 17.3 Å². The zero-order valence-corrected chi connectivity index (χ0v) is 10.7. The molecule has 0 spiro atoms. The fourth-order valence-electron chi connectivity index (χ4n) is 1.04. The predicted octanol–water partition coefficient (Wildman–Crippen LogP) is -2.29. The number of rotatable bonds is 3. The summed E-state index contributed by atoms with van der Waals surface area (Å²) in [5.41, 5.74) is 0.0426. The Bertz CT molecular complexity index is 382. The van der Waals surface area contributed by atoms with Gasteiger partial charge in [0.25, 0.3) is 0 Å². The number of allylic oxidation sites excluding steroid dienone is 1. The molecular weight excluding hydrogens is 203 g/mol. The van der Waals surface area contributed by atoms with Gasteiger partial charge in [-0.25, -0.2) is 0 Å². The molecule has 0 N–H and O–H groups in total. The first-order valence-electron chi connectivity index (χ1n) is 4.09. The second kappa shape index (κ2) is 6.56. The second-order valence-corrected chi connectivity index (χ2v) is 2.78. The van der Waals surface area contributed by atoms with Crippen LogP contribution in [0, 0.1) is 0 Å². The van der Waals surface area contributed by atoms with Gasteiger partial charge in [0.2, 0.25) is 0 Å². The molecule has 0 bridgehead atoms. The molecule has 0 saturated heterocycles. The topological polar surface area (TPSA) is 57.2 Å². The van der Waals surface area contributed by atoms with Crippen LogP contribution in [0.3, 0.4) is 0 Å². The third-order valence-corrected chi connectivity index (χ3v) is 1.78. The molecule has 15 heavy (non-hydrogen) atoms. The van der Waals surface area contributed by atoms with Crippen LogP contribution < -0.4 is 34.7 Å². The monoisotopic (exact) mass is 212 g/mol. The molecular formula is C11H9NaO3. The van der Waals surface area contributed by atoms with Gasteiger partial charge in [-0.3, -0.25) is 9.59 Å². The number of carbonyl (C=O) groups is 2. The van der Waals surface area contributed by atoms with Crippen molar-refractivity contribution < 1.29 is 44.3 Å². The van der Waals surface area contributed by atoms with Gasteiger partial charge < -0.3 is 5.11 Å². The van der Waals surface area contributed by atoms with Gasteiger partial charge in [0.15, 0.2) is 11.6 Å². The van der Waals surface area contributed by atoms with Crippen molar-refractivity contribution >= 4 is 11.6 Å². The number of carbonyl (C=O) groups excluding carboxylic acids is 2. The fourth-order valence-corrected chi connectivity index (χ4v) is 1.04. The zero-order chi connectivity index (χ0) is 10.6. The molecule has 0 radical (unpaired) electrons. The number of ketones is 2. The van der Waals surface area contributed by atoms with E-state index < -0.39 is 11.6 Å². The molecule has 0 aromatic heterocycles. The molecule has 0 heterocycles. The molecule has 1 aromatic rings. The summed E-state index contributed by atoms with van der Waals surface area (Å²) in [5.74, 6) is -1.03. The van der Waals surface area contributed by atoms with Crippen LogP contribution in [0.2, 0.25) is 0 Å². The van der Waals surface area contributed by atoms with Gasteiger partial charge in [0.1, 0.15) is 0 Å². The third-order valence-electron chi connectivity index (χ3n) is 1.78. The Hall–Kier alpha value is -0.900. The molecule has 72 valence electrons. The summed E-state index contributed by atoms with van der Waals surface area (Å²) in [6.45, 7) is 1.20. The average Bonchev–Trinajstić information content (AvgIpc) is 2.19. The van der Waals surface area contributed by atoms with E-state index in [4.69, 9.17) is 0 Å². The smallest absolute Gasteiger partial charge is 0.877 e. The summed E-state index contributed by atoms with van der Waals surface area (Å²) < 4.78 is 0. The van der Waals surface area contributed by atoms with Crippen molar-refractivity contribution in [1.29, 1.82) is 0 Å². The Morgan fingerprint density at radius 1 is 1.20 bits per heavy atom. The van der Waals surface area contributed by atoms with Gasteiger partial charge in [-0.2, -0.15) is 0 Å². The molecule has 0 atom stereocenters. The quantitative estimate of drug-likeness (QED) is 0.141. The van der Waals surface area contributed by atoms with Crippen LogP contribution >= 0.6 is 0 Å². The van der Waals surface area contributed by atoms with Crippen molar-refractivity contribution in [2.75, 3.05) is 0 Å². The standard InChI is InChI=1S/C11H10O3.Na/c1-8(13)10(7-12)11(14)9-5-3-2-4-6-9;/h2-7,12H,1H3;/q;+1/p-1. The van der Waals surface area contributed by atoms with E-state index in [1.54, 1.807) is 30.3 Å². The van der Waals surface area contributed by atoms with E-state index in [2.05, 4.69) is 0 Å². The summed E-state index contributed by atoms with van der Waals surface area (Å²) in [6, 6.07) is 8.24. The minimum Gasteiger partial charge on any atom is -0.877 e. The van der Waals surface area contributed by atoms with Gasteiger partial charge in [-0.1, -0.05) is 30.3 Å². The van der Waals surface area contributed by atoms with Crippen LogP contribution in [-0.2, 0) is 4.79 Å². The van der Waals surface area contributed by atoms with Crippen molar-refractivity contribution in [3.8, 4) is 0 Å². The van der Waals surface area contributed by atoms with Crippen molar-refractivity contribution in [2.45, 2.75) is 6.92 Å². The Morgan fingerprint density at radius 3 is 2.13 bits per heavy atom. The van der Waals surface area contributed by atoms with E-state index in [0.29, 0.717) is 11.8 Å². The van der Waals surface area contributed by atoms with Crippen molar-refractivity contribution in [3.63, 3.8) is 0 Å². The molecule has 0 amide bonds. The first-order valence-corrected chi connectivity index (χ1v) is 4.09. The average molecular weight is 212 g/mol. The molecule has 1 rings (SSSR count). The first-order chi connectivity index (χ1) is 6.66. The van der Waals surface area contributed by atoms with Crippen molar-refractivity contribution in [2.24, 2.45) is 0 Å². The van der Waals surface area contributed by atoms with Gasteiger partial charge in [-0.15, -0.1) is 6.26 Å². The Morgan fingerprint density at radius 2 is 1.73 bits per heavy atom. The number of hydrogen-bond acceptors (Lipinski definition) is 3. The maximum atomic E-state index is 11.5. The summed E-state index contributed by atoms with van der Waals surface area (Å²) >= 11 is 0. The zero-order valence-electron chi connectivity index (χ0n) is 8.69. The first kappa shape index (κ1) is 14.1. The molecule has 0 unspecified atom stereocenters. The largest absolute Gasteiger partial charge is 1.00 e. The minimum atomic E-state index is -0.520. The molecule has 0 aliphatic carbocycles. The van der Waals surface area contributed by atoms with Gasteiger partial charge in [0.05, 0.1) is 5.57 Å². The van der Waals surface area contributed by atoms with E-state index in [-0.39, 0.29) is 35.1 Å². The van der Waals surface area contributed by atoms with Crippen LogP contribution in [0.5, 0.6) is 0 Å². The Balaban J connectivity index is 0.00000196. The SMILES string of the molecule is CC(=O)C(=C[O-])C(=O)c1ccccc1.[Na+]. The Kier molecular flexibility index (Phi) is 6.17. The number of Topliss-reactive ketones (excluding diaryl/α,β-unsaturated/α-hetero) is 2. The fraction of sp³-hybridized carbons (Fsp3) is 0.0909. The van der Waals surface area contributed by atoms with E-state index in [9.17, 15) is 14.7 Å². The van der Waals surface area contributed by atoms with E-state index in [0.717, 1.165) is 0 Å². The van der Waals surface area contributed by atoms with Gasteiger partial charge >= 0.3 is 29.6 Å². The third kappa shape index (κ3) is 3.63. The summed E-state index contributed by atoms with van der Waals surface area (Å²) in [4.78, 5) is 22.4. The number of hydrogen-bond donors (Lipinski definition) is 0. The van der Waals surface area contributed by atoms with Crippen LogP contribution in [0.15, 0.2) is 42.2 Å². The molecule has 4 heteroatoms. The predicted molar refractivity (Wildman–Crippen MR) is 49.5 cm³/mol. The summed E-state index contributed by atoms with van der Waals surface area (Å²) in [5, 5.41) is 10.5. The van der Waals surface area contributed by atoms with E-state index in [1.165, 1.54) is 6.92 Å². The summed E-state index contributed by atoms with van der Waals surface area (Å²) in [6.07, 6.45) is 0.303. The maximum absolute atomic E-state index is 11.5. The molecule has 0 saturated carbocycles. The molecule has 0 fully saturated rings. The molecule has 1 aromatic carbocycles. The second-order valence-electron chi connectivity index (χ2n) is 2.78. The molecule has 0 aliphatic rings. The van der Waals surface area contributed by atoms with Crippen LogP contribution in [0.4, 0.5) is 0 Å². The number of benzene rings is 1. The maximum Gasteiger partial charge on any atom is 1.00 e. The Labute approximate surface area is 110 Å².